The topological polar surface area (TPSA) is 69.7 Å². The van der Waals surface area contributed by atoms with Gasteiger partial charge in [-0.25, -0.2) is 8.42 Å². The van der Waals surface area contributed by atoms with E-state index in [9.17, 15) is 13.2 Å². The molecule has 0 radical (unpaired) electrons. The third-order valence-electron chi connectivity index (χ3n) is 4.62. The normalized spacial score (nSPS) is 16.0. The molecule has 3 rings (SSSR count). The fourth-order valence-electron chi connectivity index (χ4n) is 3.05. The van der Waals surface area contributed by atoms with Crippen molar-refractivity contribution in [3.05, 3.63) is 63.1 Å². The number of carbonyl (C=O) groups is 1. The molecule has 2 aromatic carbocycles. The van der Waals surface area contributed by atoms with E-state index in [0.717, 1.165) is 5.56 Å². The second-order valence-electron chi connectivity index (χ2n) is 6.63. The monoisotopic (exact) mass is 475 g/mol. The molecule has 1 heterocycles. The van der Waals surface area contributed by atoms with Crippen molar-refractivity contribution in [3.8, 4) is 0 Å². The number of rotatable bonds is 6. The Hall–Kier alpha value is -1.35. The molecule has 1 saturated heterocycles. The van der Waals surface area contributed by atoms with Gasteiger partial charge in [0.25, 0.3) is 0 Å². The molecule has 0 spiro atoms. The van der Waals surface area contributed by atoms with Gasteiger partial charge in [0.1, 0.15) is 4.90 Å². The van der Waals surface area contributed by atoms with Crippen molar-refractivity contribution >= 4 is 50.7 Å². The summed E-state index contributed by atoms with van der Waals surface area (Å²) in [5.41, 5.74) is 0.954. The largest absolute Gasteiger partial charge is 0.351 e. The molecule has 2 aromatic rings. The van der Waals surface area contributed by atoms with Gasteiger partial charge in [-0.3, -0.25) is 9.69 Å². The minimum atomic E-state index is -3.79. The quantitative estimate of drug-likeness (QED) is 0.695. The standard InChI is InChI=1S/C19H20Cl3N3O3S/c20-15-6-4-14(5-7-15)12-23-18(26)13-24-8-10-25(11-9-24)29(27,28)19-16(21)2-1-3-17(19)22/h1-7H,8-13H2,(H,23,26). The number of amides is 1. The molecular formula is C19H20Cl3N3O3S. The lowest BCUT2D eigenvalue weighted by Gasteiger charge is -2.33. The number of hydrogen-bond donors (Lipinski definition) is 1. The van der Waals surface area contributed by atoms with Crippen LogP contribution >= 0.6 is 34.8 Å². The van der Waals surface area contributed by atoms with Crippen molar-refractivity contribution in [3.63, 3.8) is 0 Å². The molecule has 6 nitrogen and oxygen atoms in total. The van der Waals surface area contributed by atoms with Crippen LogP contribution in [0, 0.1) is 0 Å². The molecule has 0 unspecified atom stereocenters. The molecule has 1 N–H and O–H groups in total. The van der Waals surface area contributed by atoms with E-state index in [1.807, 2.05) is 17.0 Å². The molecule has 156 valence electrons. The summed E-state index contributed by atoms with van der Waals surface area (Å²) in [6.07, 6.45) is 0. The SMILES string of the molecule is O=C(CN1CCN(S(=O)(=O)c2c(Cl)cccc2Cl)CC1)NCc1ccc(Cl)cc1. The minimum Gasteiger partial charge on any atom is -0.351 e. The number of nitrogens with one attached hydrogen (secondary N) is 1. The zero-order valence-corrected chi connectivity index (χ0v) is 18.5. The van der Waals surface area contributed by atoms with Crippen LogP contribution in [0.5, 0.6) is 0 Å². The molecule has 0 aromatic heterocycles. The summed E-state index contributed by atoms with van der Waals surface area (Å²) in [7, 11) is -3.79. The van der Waals surface area contributed by atoms with Crippen LogP contribution in [-0.4, -0.2) is 56.3 Å². The zero-order valence-electron chi connectivity index (χ0n) is 15.4. The van der Waals surface area contributed by atoms with Gasteiger partial charge in [0, 0.05) is 37.7 Å². The van der Waals surface area contributed by atoms with Crippen LogP contribution in [0.1, 0.15) is 5.56 Å². The van der Waals surface area contributed by atoms with E-state index in [4.69, 9.17) is 34.8 Å². The molecule has 0 aliphatic carbocycles. The Bertz CT molecular complexity index is 956. The van der Waals surface area contributed by atoms with Gasteiger partial charge < -0.3 is 5.32 Å². The van der Waals surface area contributed by atoms with Gasteiger partial charge in [0.15, 0.2) is 0 Å². The average molecular weight is 477 g/mol. The molecule has 10 heteroatoms. The number of nitrogens with zero attached hydrogens (tertiary/aromatic N) is 2. The number of carbonyl (C=O) groups excluding carboxylic acids is 1. The highest BCUT2D eigenvalue weighted by Crippen LogP contribution is 2.31. The van der Waals surface area contributed by atoms with E-state index in [1.165, 1.54) is 16.4 Å². The minimum absolute atomic E-state index is 0.0718. The molecule has 1 fully saturated rings. The Morgan fingerprint density at radius 3 is 2.10 bits per heavy atom. The van der Waals surface area contributed by atoms with Gasteiger partial charge in [0.05, 0.1) is 16.6 Å². The van der Waals surface area contributed by atoms with Crippen LogP contribution in [0.4, 0.5) is 0 Å². The van der Waals surface area contributed by atoms with E-state index >= 15 is 0 Å². The maximum absolute atomic E-state index is 12.9. The van der Waals surface area contributed by atoms with E-state index < -0.39 is 10.0 Å². The van der Waals surface area contributed by atoms with Crippen molar-refractivity contribution in [2.45, 2.75) is 11.4 Å². The predicted molar refractivity (Wildman–Crippen MR) is 115 cm³/mol. The van der Waals surface area contributed by atoms with Crippen molar-refractivity contribution in [1.82, 2.24) is 14.5 Å². The highest BCUT2D eigenvalue weighted by atomic mass is 35.5. The first-order valence-electron chi connectivity index (χ1n) is 8.95. The number of hydrogen-bond acceptors (Lipinski definition) is 4. The van der Waals surface area contributed by atoms with E-state index in [-0.39, 0.29) is 40.5 Å². The van der Waals surface area contributed by atoms with Crippen LogP contribution < -0.4 is 5.32 Å². The highest BCUT2D eigenvalue weighted by Gasteiger charge is 2.32. The first-order valence-corrected chi connectivity index (χ1v) is 11.5. The van der Waals surface area contributed by atoms with Crippen LogP contribution in [0.2, 0.25) is 15.1 Å². The van der Waals surface area contributed by atoms with Crippen molar-refractivity contribution in [2.24, 2.45) is 0 Å². The van der Waals surface area contributed by atoms with Crippen LogP contribution in [-0.2, 0) is 21.4 Å². The second kappa shape index (κ2) is 9.64. The lowest BCUT2D eigenvalue weighted by Crippen LogP contribution is -2.51. The average Bonchev–Trinajstić information content (AvgIpc) is 2.68. The Kier molecular flexibility index (Phi) is 7.42. The van der Waals surface area contributed by atoms with E-state index in [2.05, 4.69) is 5.32 Å². The molecule has 0 saturated carbocycles. The smallest absolute Gasteiger partial charge is 0.246 e. The zero-order chi connectivity index (χ0) is 21.0. The molecule has 1 amide bonds. The maximum Gasteiger partial charge on any atom is 0.246 e. The van der Waals surface area contributed by atoms with Gasteiger partial charge in [0.2, 0.25) is 15.9 Å². The first kappa shape index (κ1) is 22.3. The Labute approximate surface area is 185 Å². The van der Waals surface area contributed by atoms with Gasteiger partial charge in [-0.1, -0.05) is 53.0 Å². The van der Waals surface area contributed by atoms with Gasteiger partial charge in [-0.2, -0.15) is 4.31 Å². The summed E-state index contributed by atoms with van der Waals surface area (Å²) in [5, 5.41) is 3.70. The van der Waals surface area contributed by atoms with Crippen molar-refractivity contribution in [2.75, 3.05) is 32.7 Å². The lowest BCUT2D eigenvalue weighted by atomic mass is 10.2. The van der Waals surface area contributed by atoms with Crippen LogP contribution in [0.25, 0.3) is 0 Å². The fourth-order valence-corrected chi connectivity index (χ4v) is 5.69. The summed E-state index contributed by atoms with van der Waals surface area (Å²) in [6, 6.07) is 11.9. The Morgan fingerprint density at radius 1 is 0.931 bits per heavy atom. The number of benzene rings is 2. The number of piperazine rings is 1. The summed E-state index contributed by atoms with van der Waals surface area (Å²) in [6.45, 7) is 2.01. The summed E-state index contributed by atoms with van der Waals surface area (Å²) in [5.74, 6) is -0.120. The molecule has 0 bridgehead atoms. The van der Waals surface area contributed by atoms with Gasteiger partial charge >= 0.3 is 0 Å². The van der Waals surface area contributed by atoms with E-state index in [0.29, 0.717) is 24.7 Å². The Morgan fingerprint density at radius 2 is 1.52 bits per heavy atom. The summed E-state index contributed by atoms with van der Waals surface area (Å²) in [4.78, 5) is 14.0. The van der Waals surface area contributed by atoms with Gasteiger partial charge in [-0.15, -0.1) is 0 Å². The third-order valence-corrected chi connectivity index (χ3v) is 7.72. The molecule has 29 heavy (non-hydrogen) atoms. The first-order chi connectivity index (χ1) is 13.8. The lowest BCUT2D eigenvalue weighted by molar-refractivity contribution is -0.122. The molecule has 1 aliphatic heterocycles. The Balaban J connectivity index is 1.52. The molecule has 0 atom stereocenters. The van der Waals surface area contributed by atoms with Crippen LogP contribution in [0.3, 0.4) is 0 Å². The van der Waals surface area contributed by atoms with Crippen LogP contribution in [0.15, 0.2) is 47.4 Å². The predicted octanol–water partition coefficient (Wildman–Crippen LogP) is 3.27. The summed E-state index contributed by atoms with van der Waals surface area (Å²) >= 11 is 18.0. The highest BCUT2D eigenvalue weighted by molar-refractivity contribution is 7.89. The fraction of sp³-hybridized carbons (Fsp3) is 0.316. The number of halogens is 3. The van der Waals surface area contributed by atoms with Crippen molar-refractivity contribution < 1.29 is 13.2 Å². The van der Waals surface area contributed by atoms with Crippen molar-refractivity contribution in [1.29, 1.82) is 0 Å². The third kappa shape index (κ3) is 5.63. The summed E-state index contributed by atoms with van der Waals surface area (Å²) < 4.78 is 27.1. The maximum atomic E-state index is 12.9. The van der Waals surface area contributed by atoms with E-state index in [1.54, 1.807) is 18.2 Å². The molecule has 1 aliphatic rings. The second-order valence-corrected chi connectivity index (χ2v) is 9.76. The van der Waals surface area contributed by atoms with Gasteiger partial charge in [-0.05, 0) is 29.8 Å². The molecular weight excluding hydrogens is 457 g/mol. The number of sulfonamides is 1.